The fraction of sp³-hybridized carbons (Fsp3) is 0.379. The lowest BCUT2D eigenvalue weighted by molar-refractivity contribution is 0.0614. The minimum atomic E-state index is -0.919. The maximum atomic E-state index is 15.3. The van der Waals surface area contributed by atoms with Gasteiger partial charge in [0.15, 0.2) is 0 Å². The molecule has 0 saturated carbocycles. The molecule has 1 aromatic carbocycles. The molecule has 4 rings (SSSR count). The van der Waals surface area contributed by atoms with Crippen LogP contribution in [-0.4, -0.2) is 70.4 Å². The molecule has 2 aromatic heterocycles. The zero-order chi connectivity index (χ0) is 27.2. The van der Waals surface area contributed by atoms with E-state index in [0.29, 0.717) is 66.9 Å². The van der Waals surface area contributed by atoms with Crippen molar-refractivity contribution in [1.82, 2.24) is 24.8 Å². The van der Waals surface area contributed by atoms with Gasteiger partial charge >= 0.3 is 0 Å². The summed E-state index contributed by atoms with van der Waals surface area (Å²) in [5, 5.41) is 2.95. The van der Waals surface area contributed by atoms with E-state index in [2.05, 4.69) is 50.9 Å². The monoisotopic (exact) mass is 518 g/mol. The molecule has 9 heteroatoms. The molecule has 3 aromatic rings. The Morgan fingerprint density at radius 3 is 2.34 bits per heavy atom. The fourth-order valence-corrected chi connectivity index (χ4v) is 4.51. The van der Waals surface area contributed by atoms with Crippen molar-refractivity contribution in [2.45, 2.75) is 27.2 Å². The summed E-state index contributed by atoms with van der Waals surface area (Å²) in [4.78, 5) is 29.7. The van der Waals surface area contributed by atoms with Crippen LogP contribution in [0, 0.1) is 29.4 Å². The molecule has 1 amide bonds. The number of hydrogen-bond donors (Lipinski definition) is 1. The number of carbonyl (C=O) groups excluding carboxylic acids is 1. The van der Waals surface area contributed by atoms with Crippen molar-refractivity contribution in [3.05, 3.63) is 70.8 Å². The Morgan fingerprint density at radius 2 is 1.76 bits per heavy atom. The van der Waals surface area contributed by atoms with Gasteiger partial charge in [-0.1, -0.05) is 32.6 Å². The first kappa shape index (κ1) is 27.1. The SMILES string of the molecule is CCc1ncnc(-c2cc(F)c(C(=O)N3CCN(CC(C)C)CC3)c(F)c2)c1C#Cc1ccc(NC)nc1. The van der Waals surface area contributed by atoms with Crippen molar-refractivity contribution in [1.29, 1.82) is 0 Å². The molecule has 1 saturated heterocycles. The number of aryl methyl sites for hydroxylation is 1. The molecular weight excluding hydrogens is 486 g/mol. The highest BCUT2D eigenvalue weighted by Gasteiger charge is 2.28. The van der Waals surface area contributed by atoms with Gasteiger partial charge in [-0.05, 0) is 36.6 Å². The van der Waals surface area contributed by atoms with Gasteiger partial charge in [-0.2, -0.15) is 0 Å². The molecule has 7 nitrogen and oxygen atoms in total. The van der Waals surface area contributed by atoms with Gasteiger partial charge in [0.1, 0.15) is 29.3 Å². The number of amides is 1. The predicted molar refractivity (Wildman–Crippen MR) is 144 cm³/mol. The molecule has 0 radical (unpaired) electrons. The third-order valence-corrected chi connectivity index (χ3v) is 6.42. The van der Waals surface area contributed by atoms with Gasteiger partial charge in [-0.3, -0.25) is 9.69 Å². The summed E-state index contributed by atoms with van der Waals surface area (Å²) in [6, 6.07) is 5.93. The number of carbonyl (C=O) groups is 1. The van der Waals surface area contributed by atoms with Crippen LogP contribution >= 0.6 is 0 Å². The maximum absolute atomic E-state index is 15.3. The molecule has 1 fully saturated rings. The second-order valence-corrected chi connectivity index (χ2v) is 9.63. The van der Waals surface area contributed by atoms with E-state index in [-0.39, 0.29) is 5.56 Å². The summed E-state index contributed by atoms with van der Waals surface area (Å²) >= 11 is 0. The van der Waals surface area contributed by atoms with Crippen LogP contribution in [0.4, 0.5) is 14.6 Å². The van der Waals surface area contributed by atoms with Crippen molar-refractivity contribution in [3.63, 3.8) is 0 Å². The standard InChI is InChI=1S/C29H32F2N6O/c1-5-25-22(8-6-20-7-9-26(32-4)33-16-20)28(35-18-34-25)21-14-23(30)27(24(31)15-21)29(38)37-12-10-36(11-13-37)17-19(2)3/h7,9,14-16,18-19H,5,10-13,17H2,1-4H3,(H,32,33). The number of aromatic nitrogens is 3. The number of nitrogens with one attached hydrogen (secondary N) is 1. The van der Waals surface area contributed by atoms with E-state index in [9.17, 15) is 4.79 Å². The highest BCUT2D eigenvalue weighted by atomic mass is 19.1. The van der Waals surface area contributed by atoms with E-state index in [0.717, 1.165) is 18.7 Å². The van der Waals surface area contributed by atoms with Crippen LogP contribution in [0.25, 0.3) is 11.3 Å². The highest BCUT2D eigenvalue weighted by Crippen LogP contribution is 2.28. The molecule has 0 aliphatic carbocycles. The molecular formula is C29H32F2N6O. The predicted octanol–water partition coefficient (Wildman–Crippen LogP) is 4.23. The quantitative estimate of drug-likeness (QED) is 0.493. The smallest absolute Gasteiger partial charge is 0.259 e. The summed E-state index contributed by atoms with van der Waals surface area (Å²) in [6.45, 7) is 9.36. The molecule has 1 N–H and O–H groups in total. The van der Waals surface area contributed by atoms with E-state index in [1.165, 1.54) is 11.2 Å². The number of hydrogen-bond acceptors (Lipinski definition) is 6. The third-order valence-electron chi connectivity index (χ3n) is 6.42. The van der Waals surface area contributed by atoms with Crippen LogP contribution in [0.15, 0.2) is 36.8 Å². The Hall–Kier alpha value is -3.90. The number of rotatable bonds is 6. The van der Waals surface area contributed by atoms with Gasteiger partial charge in [0, 0.05) is 57.1 Å². The van der Waals surface area contributed by atoms with Crippen molar-refractivity contribution in [2.75, 3.05) is 45.1 Å². The molecule has 38 heavy (non-hydrogen) atoms. The van der Waals surface area contributed by atoms with E-state index >= 15 is 8.78 Å². The number of benzene rings is 1. The molecule has 1 aliphatic heterocycles. The van der Waals surface area contributed by atoms with Crippen LogP contribution in [0.5, 0.6) is 0 Å². The van der Waals surface area contributed by atoms with Crippen LogP contribution in [0.2, 0.25) is 0 Å². The minimum Gasteiger partial charge on any atom is -0.373 e. The molecule has 0 spiro atoms. The summed E-state index contributed by atoms with van der Waals surface area (Å²) in [6.07, 6.45) is 3.55. The summed E-state index contributed by atoms with van der Waals surface area (Å²) in [5.74, 6) is 4.87. The van der Waals surface area contributed by atoms with E-state index < -0.39 is 23.1 Å². The number of pyridine rings is 1. The first-order valence-corrected chi connectivity index (χ1v) is 12.8. The van der Waals surface area contributed by atoms with Crippen LogP contribution in [-0.2, 0) is 6.42 Å². The Morgan fingerprint density at radius 1 is 1.05 bits per heavy atom. The van der Waals surface area contributed by atoms with Crippen molar-refractivity contribution in [2.24, 2.45) is 5.92 Å². The van der Waals surface area contributed by atoms with Gasteiger partial charge in [-0.15, -0.1) is 0 Å². The first-order chi connectivity index (χ1) is 18.3. The molecule has 3 heterocycles. The Balaban J connectivity index is 1.63. The normalized spacial score (nSPS) is 13.8. The van der Waals surface area contributed by atoms with Crippen LogP contribution < -0.4 is 5.32 Å². The second kappa shape index (κ2) is 12.1. The summed E-state index contributed by atoms with van der Waals surface area (Å²) < 4.78 is 30.6. The number of anilines is 1. The Bertz CT molecular complexity index is 1330. The lowest BCUT2D eigenvalue weighted by Gasteiger charge is -2.35. The van der Waals surface area contributed by atoms with Gasteiger partial charge < -0.3 is 10.2 Å². The molecule has 0 atom stereocenters. The van der Waals surface area contributed by atoms with E-state index in [1.807, 2.05) is 13.0 Å². The van der Waals surface area contributed by atoms with Gasteiger partial charge in [0.2, 0.25) is 0 Å². The first-order valence-electron chi connectivity index (χ1n) is 12.8. The van der Waals surface area contributed by atoms with Gasteiger partial charge in [-0.25, -0.2) is 23.7 Å². The summed E-state index contributed by atoms with van der Waals surface area (Å²) in [5.41, 5.74) is 1.77. The van der Waals surface area contributed by atoms with Crippen LogP contribution in [0.3, 0.4) is 0 Å². The third kappa shape index (κ3) is 6.14. The van der Waals surface area contributed by atoms with Crippen molar-refractivity contribution in [3.8, 4) is 23.1 Å². The second-order valence-electron chi connectivity index (χ2n) is 9.63. The lowest BCUT2D eigenvalue weighted by Crippen LogP contribution is -2.49. The molecule has 0 bridgehead atoms. The van der Waals surface area contributed by atoms with Gasteiger partial charge in [0.25, 0.3) is 5.91 Å². The molecule has 1 aliphatic rings. The number of nitrogens with zero attached hydrogens (tertiary/aromatic N) is 5. The topological polar surface area (TPSA) is 74.2 Å². The van der Waals surface area contributed by atoms with E-state index in [1.54, 1.807) is 19.3 Å². The molecule has 198 valence electrons. The number of halogens is 2. The van der Waals surface area contributed by atoms with E-state index in [4.69, 9.17) is 0 Å². The van der Waals surface area contributed by atoms with Crippen molar-refractivity contribution < 1.29 is 13.6 Å². The summed E-state index contributed by atoms with van der Waals surface area (Å²) in [7, 11) is 1.78. The van der Waals surface area contributed by atoms with Crippen LogP contribution in [0.1, 0.15) is 48.0 Å². The average molecular weight is 519 g/mol. The minimum absolute atomic E-state index is 0.198. The average Bonchev–Trinajstić information content (AvgIpc) is 2.91. The lowest BCUT2D eigenvalue weighted by atomic mass is 10.0. The number of piperazine rings is 1. The van der Waals surface area contributed by atoms with Crippen molar-refractivity contribution >= 4 is 11.7 Å². The fourth-order valence-electron chi connectivity index (χ4n) is 4.51. The Labute approximate surface area is 222 Å². The highest BCUT2D eigenvalue weighted by molar-refractivity contribution is 5.95. The maximum Gasteiger partial charge on any atom is 0.259 e. The largest absolute Gasteiger partial charge is 0.373 e. The molecule has 0 unspecified atom stereocenters. The zero-order valence-corrected chi connectivity index (χ0v) is 22.2. The zero-order valence-electron chi connectivity index (χ0n) is 22.2. The Kier molecular flexibility index (Phi) is 8.64. The van der Waals surface area contributed by atoms with Gasteiger partial charge in [0.05, 0.1) is 17.0 Å².